The van der Waals surface area contributed by atoms with Crippen molar-refractivity contribution in [3.05, 3.63) is 24.3 Å². The lowest BCUT2D eigenvalue weighted by molar-refractivity contribution is -0.144. The maximum Gasteiger partial charge on any atom is 0.323 e. The highest BCUT2D eigenvalue weighted by Gasteiger charge is 2.30. The second-order valence-corrected chi connectivity index (χ2v) is 5.89. The summed E-state index contributed by atoms with van der Waals surface area (Å²) < 4.78 is 35.0. The predicted molar refractivity (Wildman–Crippen MR) is 69.4 cm³/mol. The molecule has 0 saturated heterocycles. The number of esters is 1. The summed E-state index contributed by atoms with van der Waals surface area (Å²) in [6.07, 6.45) is 0. The molecule has 0 saturated carbocycles. The first kappa shape index (κ1) is 15.5. The molecule has 0 fully saturated rings. The molecule has 0 spiro atoms. The summed E-state index contributed by atoms with van der Waals surface area (Å²) in [4.78, 5) is 11.5. The number of rotatable bonds is 5. The number of hydrogen-bond acceptors (Lipinski definition) is 5. The number of ether oxygens (including phenoxy) is 2. The number of sulfonamides is 1. The molecule has 0 bridgehead atoms. The van der Waals surface area contributed by atoms with Gasteiger partial charge in [0, 0.05) is 7.05 Å². The van der Waals surface area contributed by atoms with Gasteiger partial charge in [0.15, 0.2) is 0 Å². The fourth-order valence-corrected chi connectivity index (χ4v) is 2.76. The van der Waals surface area contributed by atoms with E-state index in [1.54, 1.807) is 12.1 Å². The number of likely N-dealkylation sites (N-methyl/N-ethyl adjacent to an activating group) is 1. The van der Waals surface area contributed by atoms with Gasteiger partial charge in [-0.1, -0.05) is 0 Å². The van der Waals surface area contributed by atoms with Gasteiger partial charge >= 0.3 is 5.97 Å². The minimum absolute atomic E-state index is 0.0894. The summed E-state index contributed by atoms with van der Waals surface area (Å²) in [6, 6.07) is 5.05. The zero-order valence-electron chi connectivity index (χ0n) is 11.3. The minimum Gasteiger partial charge on any atom is -0.497 e. The van der Waals surface area contributed by atoms with Gasteiger partial charge in [-0.05, 0) is 31.2 Å². The van der Waals surface area contributed by atoms with Crippen molar-refractivity contribution in [3.8, 4) is 5.75 Å². The van der Waals surface area contributed by atoms with Gasteiger partial charge in [0.2, 0.25) is 10.0 Å². The van der Waals surface area contributed by atoms with Crippen molar-refractivity contribution < 1.29 is 22.7 Å². The van der Waals surface area contributed by atoms with E-state index in [2.05, 4.69) is 4.74 Å². The fourth-order valence-electron chi connectivity index (χ4n) is 1.44. The Morgan fingerprint density at radius 1 is 1.21 bits per heavy atom. The summed E-state index contributed by atoms with van der Waals surface area (Å²) in [6.45, 7) is 1.47. The molecule has 0 aliphatic heterocycles. The highest BCUT2D eigenvalue weighted by Crippen LogP contribution is 2.20. The number of benzene rings is 1. The first-order chi connectivity index (χ1) is 8.84. The molecule has 1 atom stereocenters. The molecule has 0 aliphatic rings. The molecular weight excluding hydrogens is 270 g/mol. The number of nitrogens with zero attached hydrogens (tertiary/aromatic N) is 1. The SMILES string of the molecule is COC(=O)[C@H](C)N(C)S(=O)(=O)c1ccc(OC)cc1. The van der Waals surface area contributed by atoms with Gasteiger partial charge in [-0.25, -0.2) is 8.42 Å². The van der Waals surface area contributed by atoms with Crippen molar-refractivity contribution in [1.29, 1.82) is 0 Å². The lowest BCUT2D eigenvalue weighted by Gasteiger charge is -2.22. The van der Waals surface area contributed by atoms with Crippen molar-refractivity contribution in [2.75, 3.05) is 21.3 Å². The third-order valence-corrected chi connectivity index (χ3v) is 4.77. The minimum atomic E-state index is -3.74. The molecule has 19 heavy (non-hydrogen) atoms. The second kappa shape index (κ2) is 6.03. The molecule has 0 radical (unpaired) electrons. The van der Waals surface area contributed by atoms with Crippen molar-refractivity contribution in [2.45, 2.75) is 17.9 Å². The van der Waals surface area contributed by atoms with E-state index >= 15 is 0 Å². The lowest BCUT2D eigenvalue weighted by atomic mass is 10.3. The third kappa shape index (κ3) is 3.24. The Hall–Kier alpha value is -1.60. The van der Waals surface area contributed by atoms with E-state index in [1.807, 2.05) is 0 Å². The molecule has 106 valence electrons. The van der Waals surface area contributed by atoms with Crippen molar-refractivity contribution in [3.63, 3.8) is 0 Å². The summed E-state index contributed by atoms with van der Waals surface area (Å²) in [5.41, 5.74) is 0. The van der Waals surface area contributed by atoms with Crippen molar-refractivity contribution in [1.82, 2.24) is 4.31 Å². The van der Waals surface area contributed by atoms with Crippen molar-refractivity contribution in [2.24, 2.45) is 0 Å². The molecule has 0 N–H and O–H groups in total. The normalized spacial score (nSPS) is 13.1. The van der Waals surface area contributed by atoms with Crippen LogP contribution in [0.3, 0.4) is 0 Å². The van der Waals surface area contributed by atoms with Gasteiger partial charge in [0.25, 0.3) is 0 Å². The molecule has 1 aromatic rings. The monoisotopic (exact) mass is 287 g/mol. The van der Waals surface area contributed by atoms with E-state index in [-0.39, 0.29) is 4.90 Å². The van der Waals surface area contributed by atoms with Crippen LogP contribution in [0.2, 0.25) is 0 Å². The van der Waals surface area contributed by atoms with Gasteiger partial charge in [-0.2, -0.15) is 4.31 Å². The van der Waals surface area contributed by atoms with Crippen LogP contribution in [0, 0.1) is 0 Å². The van der Waals surface area contributed by atoms with E-state index in [9.17, 15) is 13.2 Å². The van der Waals surface area contributed by atoms with Crippen LogP contribution in [0.4, 0.5) is 0 Å². The average Bonchev–Trinajstić information content (AvgIpc) is 2.44. The quantitative estimate of drug-likeness (QED) is 0.752. The molecule has 6 nitrogen and oxygen atoms in total. The van der Waals surface area contributed by atoms with Gasteiger partial charge in [0.1, 0.15) is 11.8 Å². The van der Waals surface area contributed by atoms with Gasteiger partial charge in [-0.15, -0.1) is 0 Å². The maximum absolute atomic E-state index is 12.3. The Bertz CT molecular complexity index is 538. The van der Waals surface area contributed by atoms with Crippen LogP contribution in [0.1, 0.15) is 6.92 Å². The molecular formula is C12H17NO5S. The van der Waals surface area contributed by atoms with E-state index in [1.165, 1.54) is 40.3 Å². The van der Waals surface area contributed by atoms with Crippen LogP contribution in [-0.2, 0) is 19.6 Å². The number of carbonyl (C=O) groups is 1. The topological polar surface area (TPSA) is 72.9 Å². The van der Waals surface area contributed by atoms with Crippen LogP contribution >= 0.6 is 0 Å². The van der Waals surface area contributed by atoms with E-state index in [0.717, 1.165) is 4.31 Å². The first-order valence-electron chi connectivity index (χ1n) is 5.54. The van der Waals surface area contributed by atoms with Crippen molar-refractivity contribution >= 4 is 16.0 Å². The largest absolute Gasteiger partial charge is 0.497 e. The lowest BCUT2D eigenvalue weighted by Crippen LogP contribution is -2.40. The Morgan fingerprint density at radius 3 is 2.16 bits per heavy atom. The molecule has 1 aromatic carbocycles. The smallest absolute Gasteiger partial charge is 0.323 e. The van der Waals surface area contributed by atoms with Crippen LogP contribution in [-0.4, -0.2) is 46.0 Å². The molecule has 0 heterocycles. The van der Waals surface area contributed by atoms with Crippen LogP contribution < -0.4 is 4.74 Å². The standard InChI is InChI=1S/C12H17NO5S/c1-9(12(14)18-4)13(2)19(15,16)11-7-5-10(17-3)6-8-11/h5-9H,1-4H3/t9-/m0/s1. The van der Waals surface area contributed by atoms with E-state index in [0.29, 0.717) is 5.75 Å². The third-order valence-electron chi connectivity index (χ3n) is 2.82. The Kier molecular flexibility index (Phi) is 4.90. The van der Waals surface area contributed by atoms with Gasteiger partial charge in [0.05, 0.1) is 19.1 Å². The molecule has 7 heteroatoms. The first-order valence-corrected chi connectivity index (χ1v) is 6.98. The Balaban J connectivity index is 3.05. The number of methoxy groups -OCH3 is 2. The molecule has 0 aromatic heterocycles. The molecule has 0 unspecified atom stereocenters. The zero-order valence-corrected chi connectivity index (χ0v) is 12.1. The van der Waals surface area contributed by atoms with Crippen LogP contribution in [0.5, 0.6) is 5.75 Å². The van der Waals surface area contributed by atoms with Gasteiger partial charge in [-0.3, -0.25) is 4.79 Å². The summed E-state index contributed by atoms with van der Waals surface area (Å²) in [5.74, 6) is -0.0535. The molecule has 0 aliphatic carbocycles. The number of hydrogen-bond donors (Lipinski definition) is 0. The summed E-state index contributed by atoms with van der Waals surface area (Å²) >= 11 is 0. The maximum atomic E-state index is 12.3. The van der Waals surface area contributed by atoms with Gasteiger partial charge < -0.3 is 9.47 Å². The van der Waals surface area contributed by atoms with E-state index < -0.39 is 22.0 Å². The average molecular weight is 287 g/mol. The number of carbonyl (C=O) groups excluding carboxylic acids is 1. The summed E-state index contributed by atoms with van der Waals surface area (Å²) in [5, 5.41) is 0. The van der Waals surface area contributed by atoms with Crippen LogP contribution in [0.15, 0.2) is 29.2 Å². The highest BCUT2D eigenvalue weighted by atomic mass is 32.2. The second-order valence-electron chi connectivity index (χ2n) is 3.90. The summed E-state index contributed by atoms with van der Waals surface area (Å²) in [7, 11) is 0.303. The highest BCUT2D eigenvalue weighted by molar-refractivity contribution is 7.89. The zero-order chi connectivity index (χ0) is 14.6. The Labute approximate surface area is 113 Å². The molecule has 0 amide bonds. The fraction of sp³-hybridized carbons (Fsp3) is 0.417. The predicted octanol–water partition coefficient (Wildman–Crippen LogP) is 0.877. The molecule has 1 rings (SSSR count). The Morgan fingerprint density at radius 2 is 1.74 bits per heavy atom. The van der Waals surface area contributed by atoms with E-state index in [4.69, 9.17) is 4.74 Å². The van der Waals surface area contributed by atoms with Crippen LogP contribution in [0.25, 0.3) is 0 Å².